The number of pyridine rings is 1. The summed E-state index contributed by atoms with van der Waals surface area (Å²) in [6.07, 6.45) is 0.494. The van der Waals surface area contributed by atoms with Gasteiger partial charge < -0.3 is 14.1 Å². The average Bonchev–Trinajstić information content (AvgIpc) is 3.02. The van der Waals surface area contributed by atoms with Crippen molar-refractivity contribution in [2.24, 2.45) is 0 Å². The van der Waals surface area contributed by atoms with E-state index < -0.39 is 11.5 Å². The Kier molecular flexibility index (Phi) is 4.85. The number of rotatable bonds is 5. The maximum absolute atomic E-state index is 12.0. The van der Waals surface area contributed by atoms with Crippen molar-refractivity contribution in [2.45, 2.75) is 33.3 Å². The Morgan fingerprint density at radius 3 is 2.85 bits per heavy atom. The molecular weight excluding hydrogens is 334 g/mol. The zero-order valence-electron chi connectivity index (χ0n) is 14.5. The summed E-state index contributed by atoms with van der Waals surface area (Å²) in [5.41, 5.74) is 3.04. The Hall–Kier alpha value is -3.40. The number of esters is 1. The van der Waals surface area contributed by atoms with Crippen LogP contribution in [0, 0.1) is 25.2 Å². The number of carbonyl (C=O) groups excluding carboxylic acids is 1. The van der Waals surface area contributed by atoms with Crippen molar-refractivity contribution in [3.8, 4) is 6.07 Å². The minimum atomic E-state index is -0.412. The molecule has 0 unspecified atom stereocenters. The van der Waals surface area contributed by atoms with E-state index in [1.54, 1.807) is 19.9 Å². The summed E-state index contributed by atoms with van der Waals surface area (Å²) in [6.45, 7) is 3.41. The second kappa shape index (κ2) is 7.23. The molecular formula is C19H17N3O4. The molecule has 3 rings (SSSR count). The highest BCUT2D eigenvalue weighted by Crippen LogP contribution is 2.17. The molecule has 1 N–H and O–H groups in total. The van der Waals surface area contributed by atoms with Gasteiger partial charge in [-0.2, -0.15) is 5.26 Å². The van der Waals surface area contributed by atoms with Crippen LogP contribution in [0.1, 0.15) is 34.7 Å². The third-order valence-corrected chi connectivity index (χ3v) is 4.19. The second-order valence-corrected chi connectivity index (χ2v) is 5.91. The molecule has 0 amide bonds. The molecule has 0 saturated heterocycles. The van der Waals surface area contributed by atoms with Gasteiger partial charge in [0.25, 0.3) is 5.56 Å². The molecule has 0 bridgehead atoms. The van der Waals surface area contributed by atoms with Crippen molar-refractivity contribution in [1.82, 2.24) is 9.97 Å². The molecule has 132 valence electrons. The van der Waals surface area contributed by atoms with Crippen molar-refractivity contribution < 1.29 is 13.9 Å². The highest BCUT2D eigenvalue weighted by Gasteiger charge is 2.14. The van der Waals surface area contributed by atoms with Crippen LogP contribution in [0.4, 0.5) is 0 Å². The molecule has 0 aliphatic rings. The number of nitriles is 1. The molecule has 7 heteroatoms. The smallest absolute Gasteiger partial charge is 0.306 e. The minimum Gasteiger partial charge on any atom is -0.456 e. The van der Waals surface area contributed by atoms with Crippen molar-refractivity contribution in [2.75, 3.05) is 0 Å². The number of fused-ring (bicyclic) bond motifs is 1. The van der Waals surface area contributed by atoms with Gasteiger partial charge in [-0.3, -0.25) is 9.59 Å². The number of nitrogens with zero attached hydrogens (tertiary/aromatic N) is 2. The Balaban J connectivity index is 1.63. The summed E-state index contributed by atoms with van der Waals surface area (Å²) >= 11 is 0. The lowest BCUT2D eigenvalue weighted by Gasteiger charge is -2.10. The fraction of sp³-hybridized carbons (Fsp3) is 0.263. The third-order valence-electron chi connectivity index (χ3n) is 4.19. The van der Waals surface area contributed by atoms with E-state index in [0.717, 1.165) is 5.56 Å². The lowest BCUT2D eigenvalue weighted by Crippen LogP contribution is -2.17. The summed E-state index contributed by atoms with van der Waals surface area (Å²) < 4.78 is 10.7. The fourth-order valence-corrected chi connectivity index (χ4v) is 2.84. The zero-order valence-corrected chi connectivity index (χ0v) is 14.5. The van der Waals surface area contributed by atoms with Gasteiger partial charge in [-0.25, -0.2) is 4.98 Å². The van der Waals surface area contributed by atoms with Crippen LogP contribution < -0.4 is 5.56 Å². The first-order valence-corrected chi connectivity index (χ1v) is 8.12. The number of hydrogen-bond donors (Lipinski definition) is 1. The highest BCUT2D eigenvalue weighted by atomic mass is 16.5. The van der Waals surface area contributed by atoms with Crippen LogP contribution >= 0.6 is 0 Å². The van der Waals surface area contributed by atoms with Gasteiger partial charge in [0.15, 0.2) is 12.2 Å². The first kappa shape index (κ1) is 17.4. The van der Waals surface area contributed by atoms with Crippen LogP contribution in [0.25, 0.3) is 11.1 Å². The van der Waals surface area contributed by atoms with Gasteiger partial charge >= 0.3 is 5.97 Å². The van der Waals surface area contributed by atoms with E-state index in [0.29, 0.717) is 34.7 Å². The van der Waals surface area contributed by atoms with Crippen LogP contribution in [-0.2, 0) is 22.6 Å². The Labute approximate surface area is 149 Å². The number of para-hydroxylation sites is 2. The van der Waals surface area contributed by atoms with Gasteiger partial charge in [0.2, 0.25) is 5.89 Å². The van der Waals surface area contributed by atoms with E-state index in [4.69, 9.17) is 14.4 Å². The van der Waals surface area contributed by atoms with E-state index in [2.05, 4.69) is 9.97 Å². The molecule has 0 atom stereocenters. The minimum absolute atomic E-state index is 0.0411. The first-order valence-electron chi connectivity index (χ1n) is 8.12. The van der Waals surface area contributed by atoms with Crippen LogP contribution in [-0.4, -0.2) is 15.9 Å². The van der Waals surface area contributed by atoms with Gasteiger partial charge in [-0.1, -0.05) is 12.1 Å². The normalized spacial score (nSPS) is 10.7. The van der Waals surface area contributed by atoms with E-state index >= 15 is 0 Å². The quantitative estimate of drug-likeness (QED) is 0.708. The maximum Gasteiger partial charge on any atom is 0.306 e. The molecule has 2 heterocycles. The van der Waals surface area contributed by atoms with Gasteiger partial charge in [0.1, 0.15) is 17.1 Å². The number of oxazole rings is 1. The van der Waals surface area contributed by atoms with Gasteiger partial charge in [0, 0.05) is 12.1 Å². The first-order chi connectivity index (χ1) is 12.5. The number of carbonyl (C=O) groups is 1. The summed E-state index contributed by atoms with van der Waals surface area (Å²) in [5.74, 6) is -0.0708. The largest absolute Gasteiger partial charge is 0.456 e. The Morgan fingerprint density at radius 1 is 1.35 bits per heavy atom. The third kappa shape index (κ3) is 3.49. The van der Waals surface area contributed by atoms with Gasteiger partial charge in [-0.15, -0.1) is 0 Å². The summed E-state index contributed by atoms with van der Waals surface area (Å²) in [5, 5.41) is 9.08. The molecule has 7 nitrogen and oxygen atoms in total. The predicted molar refractivity (Wildman–Crippen MR) is 93.4 cm³/mol. The highest BCUT2D eigenvalue weighted by molar-refractivity contribution is 5.72. The van der Waals surface area contributed by atoms with Gasteiger partial charge in [0.05, 0.1) is 0 Å². The predicted octanol–water partition coefficient (Wildman–Crippen LogP) is 2.68. The number of benzene rings is 1. The number of aryl methyl sites for hydroxylation is 1. The number of aromatic amines is 1. The molecule has 0 saturated carbocycles. The molecule has 0 aliphatic heterocycles. The fourth-order valence-electron chi connectivity index (χ4n) is 2.84. The van der Waals surface area contributed by atoms with E-state index in [1.165, 1.54) is 0 Å². The van der Waals surface area contributed by atoms with Crippen LogP contribution in [0.2, 0.25) is 0 Å². The molecule has 26 heavy (non-hydrogen) atoms. The Morgan fingerprint density at radius 2 is 2.12 bits per heavy atom. The van der Waals surface area contributed by atoms with Crippen LogP contribution in [0.5, 0.6) is 0 Å². The van der Waals surface area contributed by atoms with Crippen LogP contribution in [0.3, 0.4) is 0 Å². The molecule has 0 fully saturated rings. The van der Waals surface area contributed by atoms with Crippen molar-refractivity contribution in [3.05, 3.63) is 62.9 Å². The van der Waals surface area contributed by atoms with Crippen LogP contribution in [0.15, 0.2) is 33.5 Å². The molecule has 0 radical (unpaired) electrons. The Bertz CT molecular complexity index is 1040. The second-order valence-electron chi connectivity index (χ2n) is 5.91. The molecule has 0 aliphatic carbocycles. The van der Waals surface area contributed by atoms with E-state index in [1.807, 2.05) is 24.3 Å². The zero-order chi connectivity index (χ0) is 18.7. The average molecular weight is 351 g/mol. The summed E-state index contributed by atoms with van der Waals surface area (Å²) in [7, 11) is 0. The van der Waals surface area contributed by atoms with Crippen molar-refractivity contribution in [1.29, 1.82) is 5.26 Å². The van der Waals surface area contributed by atoms with Gasteiger partial charge in [-0.05, 0) is 43.5 Å². The maximum atomic E-state index is 12.0. The molecule has 3 aromatic rings. The number of H-pyrrole nitrogens is 1. The number of ether oxygens (including phenoxy) is 1. The molecule has 1 aromatic carbocycles. The summed E-state index contributed by atoms with van der Waals surface area (Å²) in [6, 6.07) is 9.20. The SMILES string of the molecule is Cc1[nH]c(=O)c(C#N)c(C)c1CCC(=O)OCc1nc2ccccc2o1. The standard InChI is InChI=1S/C19H17N3O4/c1-11-13(12(2)21-19(24)14(11)9-20)7-8-18(23)25-10-17-22-15-5-3-4-6-16(15)26-17/h3-6H,7-8,10H2,1-2H3,(H,21,24). The molecule has 2 aromatic heterocycles. The van der Waals surface area contributed by atoms with E-state index in [-0.39, 0.29) is 18.6 Å². The monoisotopic (exact) mass is 351 g/mol. The molecule has 0 spiro atoms. The summed E-state index contributed by atoms with van der Waals surface area (Å²) in [4.78, 5) is 30.6. The lowest BCUT2D eigenvalue weighted by molar-refractivity contribution is -0.145. The lowest BCUT2D eigenvalue weighted by atomic mass is 9.99. The number of aromatic nitrogens is 2. The topological polar surface area (TPSA) is 109 Å². The van der Waals surface area contributed by atoms with Crippen molar-refractivity contribution in [3.63, 3.8) is 0 Å². The number of nitrogens with one attached hydrogen (secondary N) is 1. The van der Waals surface area contributed by atoms with E-state index in [9.17, 15) is 9.59 Å². The number of hydrogen-bond acceptors (Lipinski definition) is 6. The van der Waals surface area contributed by atoms with Crippen molar-refractivity contribution >= 4 is 17.1 Å².